The highest BCUT2D eigenvalue weighted by Gasteiger charge is 2.15. The molecule has 0 spiro atoms. The highest BCUT2D eigenvalue weighted by molar-refractivity contribution is 7.19. The molecule has 0 aliphatic rings. The Bertz CT molecular complexity index is 819. The van der Waals surface area contributed by atoms with Crippen molar-refractivity contribution in [1.29, 1.82) is 0 Å². The number of hydrogen-bond donors (Lipinski definition) is 0. The molecule has 0 saturated heterocycles. The first-order valence-corrected chi connectivity index (χ1v) is 8.83. The van der Waals surface area contributed by atoms with Gasteiger partial charge in [0.2, 0.25) is 5.91 Å². The number of para-hydroxylation sites is 1. The van der Waals surface area contributed by atoms with E-state index < -0.39 is 0 Å². The molecular weight excluding hydrogens is 316 g/mol. The molecule has 4 heteroatoms. The fourth-order valence-electron chi connectivity index (χ4n) is 2.49. The van der Waals surface area contributed by atoms with Crippen LogP contribution in [0.25, 0.3) is 16.3 Å². The molecule has 2 aromatic carbocycles. The summed E-state index contributed by atoms with van der Waals surface area (Å²) in [4.78, 5) is 19.0. The van der Waals surface area contributed by atoms with Crippen LogP contribution in [0.2, 0.25) is 0 Å². The molecule has 1 heterocycles. The highest BCUT2D eigenvalue weighted by Crippen LogP contribution is 2.22. The van der Waals surface area contributed by atoms with Crippen molar-refractivity contribution in [3.05, 3.63) is 71.2 Å². The van der Waals surface area contributed by atoms with Gasteiger partial charge in [0.15, 0.2) is 0 Å². The van der Waals surface area contributed by atoms with E-state index in [1.165, 1.54) is 0 Å². The van der Waals surface area contributed by atoms with E-state index in [-0.39, 0.29) is 11.9 Å². The third-order valence-electron chi connectivity index (χ3n) is 3.78. The quantitative estimate of drug-likeness (QED) is 0.630. The zero-order valence-electron chi connectivity index (χ0n) is 13.8. The maximum Gasteiger partial charge on any atom is 0.247 e. The van der Waals surface area contributed by atoms with Crippen LogP contribution in [0.15, 0.2) is 60.7 Å². The van der Waals surface area contributed by atoms with Crippen molar-refractivity contribution < 1.29 is 4.79 Å². The standard InChI is InChI=1S/C20H20N2OS/c1-15(2)22(14-16-8-4-3-5-9-16)20(23)13-12-19-21-17-10-6-7-11-18(17)24-19/h3-13,15H,14H2,1-2H3/b13-12+. The van der Waals surface area contributed by atoms with E-state index in [9.17, 15) is 4.79 Å². The number of aromatic nitrogens is 1. The summed E-state index contributed by atoms with van der Waals surface area (Å²) >= 11 is 1.59. The van der Waals surface area contributed by atoms with Gasteiger partial charge in [-0.2, -0.15) is 0 Å². The highest BCUT2D eigenvalue weighted by atomic mass is 32.1. The number of carbonyl (C=O) groups excluding carboxylic acids is 1. The second kappa shape index (κ2) is 7.41. The lowest BCUT2D eigenvalue weighted by molar-refractivity contribution is -0.128. The summed E-state index contributed by atoms with van der Waals surface area (Å²) < 4.78 is 1.13. The number of carbonyl (C=O) groups is 1. The minimum absolute atomic E-state index is 0.00751. The Kier molecular flexibility index (Phi) is 5.06. The Hall–Kier alpha value is -2.46. The lowest BCUT2D eigenvalue weighted by atomic mass is 10.2. The Morgan fingerprint density at radius 3 is 2.54 bits per heavy atom. The molecule has 3 aromatic rings. The molecule has 0 bridgehead atoms. The number of thiazole rings is 1. The zero-order valence-corrected chi connectivity index (χ0v) is 14.7. The van der Waals surface area contributed by atoms with Gasteiger partial charge in [0.05, 0.1) is 10.2 Å². The van der Waals surface area contributed by atoms with Crippen molar-refractivity contribution in [2.45, 2.75) is 26.4 Å². The molecule has 0 atom stereocenters. The fraction of sp³-hybridized carbons (Fsp3) is 0.200. The van der Waals surface area contributed by atoms with Crippen molar-refractivity contribution in [3.8, 4) is 0 Å². The lowest BCUT2D eigenvalue weighted by Gasteiger charge is -2.25. The number of fused-ring (bicyclic) bond motifs is 1. The Morgan fingerprint density at radius 2 is 1.83 bits per heavy atom. The summed E-state index contributed by atoms with van der Waals surface area (Å²) in [6.07, 6.45) is 3.44. The molecule has 1 aromatic heterocycles. The van der Waals surface area contributed by atoms with Crippen LogP contribution in [0.5, 0.6) is 0 Å². The van der Waals surface area contributed by atoms with Gasteiger partial charge in [-0.1, -0.05) is 42.5 Å². The third kappa shape index (κ3) is 3.89. The first-order valence-electron chi connectivity index (χ1n) is 8.01. The molecule has 0 unspecified atom stereocenters. The summed E-state index contributed by atoms with van der Waals surface area (Å²) in [7, 11) is 0. The van der Waals surface area contributed by atoms with Gasteiger partial charge in [0.1, 0.15) is 5.01 Å². The van der Waals surface area contributed by atoms with Crippen molar-refractivity contribution in [2.75, 3.05) is 0 Å². The first kappa shape index (κ1) is 16.4. The maximum absolute atomic E-state index is 12.6. The Balaban J connectivity index is 1.75. The minimum Gasteiger partial charge on any atom is -0.332 e. The molecule has 0 aliphatic heterocycles. The monoisotopic (exact) mass is 336 g/mol. The zero-order chi connectivity index (χ0) is 16.9. The summed E-state index contributed by atoms with van der Waals surface area (Å²) in [5, 5.41) is 0.855. The van der Waals surface area contributed by atoms with Gasteiger partial charge in [0.25, 0.3) is 0 Å². The second-order valence-electron chi connectivity index (χ2n) is 5.90. The number of amides is 1. The molecule has 3 rings (SSSR count). The summed E-state index contributed by atoms with van der Waals surface area (Å²) in [6, 6.07) is 18.2. The van der Waals surface area contributed by atoms with Gasteiger partial charge in [-0.15, -0.1) is 11.3 Å². The van der Waals surface area contributed by atoms with Crippen LogP contribution in [0.4, 0.5) is 0 Å². The molecule has 24 heavy (non-hydrogen) atoms. The molecule has 0 radical (unpaired) electrons. The van der Waals surface area contributed by atoms with Crippen molar-refractivity contribution >= 4 is 33.5 Å². The fourth-order valence-corrected chi connectivity index (χ4v) is 3.36. The van der Waals surface area contributed by atoms with Crippen molar-refractivity contribution in [2.24, 2.45) is 0 Å². The summed E-state index contributed by atoms with van der Waals surface area (Å²) in [5.41, 5.74) is 2.10. The van der Waals surface area contributed by atoms with E-state index in [1.807, 2.05) is 79.4 Å². The van der Waals surface area contributed by atoms with Crippen LogP contribution in [0.1, 0.15) is 24.4 Å². The topological polar surface area (TPSA) is 33.2 Å². The molecule has 0 aliphatic carbocycles. The number of nitrogens with zero attached hydrogens (tertiary/aromatic N) is 2. The largest absolute Gasteiger partial charge is 0.332 e. The van der Waals surface area contributed by atoms with Crippen LogP contribution in [0, 0.1) is 0 Å². The maximum atomic E-state index is 12.6. The minimum atomic E-state index is 0.00751. The third-order valence-corrected chi connectivity index (χ3v) is 4.78. The van der Waals surface area contributed by atoms with Crippen LogP contribution >= 0.6 is 11.3 Å². The van der Waals surface area contributed by atoms with Crippen molar-refractivity contribution in [3.63, 3.8) is 0 Å². The van der Waals surface area contributed by atoms with E-state index in [0.717, 1.165) is 20.8 Å². The van der Waals surface area contributed by atoms with Gasteiger partial charge in [-0.25, -0.2) is 4.98 Å². The van der Waals surface area contributed by atoms with Gasteiger partial charge < -0.3 is 4.90 Å². The Morgan fingerprint density at radius 1 is 1.12 bits per heavy atom. The van der Waals surface area contributed by atoms with Crippen molar-refractivity contribution in [1.82, 2.24) is 9.88 Å². The first-order chi connectivity index (χ1) is 11.6. The SMILES string of the molecule is CC(C)N(Cc1ccccc1)C(=O)/C=C/c1nc2ccccc2s1. The smallest absolute Gasteiger partial charge is 0.247 e. The van der Waals surface area contributed by atoms with Gasteiger partial charge >= 0.3 is 0 Å². The van der Waals surface area contributed by atoms with Crippen LogP contribution < -0.4 is 0 Å². The summed E-state index contributed by atoms with van der Waals surface area (Å²) in [5.74, 6) is 0.00751. The predicted molar refractivity (Wildman–Crippen MR) is 101 cm³/mol. The predicted octanol–water partition coefficient (Wildman–Crippen LogP) is 4.75. The number of rotatable bonds is 5. The molecular formula is C20H20N2OS. The van der Waals surface area contributed by atoms with Crippen LogP contribution in [0.3, 0.4) is 0 Å². The molecule has 122 valence electrons. The van der Waals surface area contributed by atoms with E-state index in [2.05, 4.69) is 4.98 Å². The van der Waals surface area contributed by atoms with E-state index in [0.29, 0.717) is 6.54 Å². The van der Waals surface area contributed by atoms with E-state index in [1.54, 1.807) is 17.4 Å². The van der Waals surface area contributed by atoms with E-state index in [4.69, 9.17) is 0 Å². The van der Waals surface area contributed by atoms with Crippen LogP contribution in [-0.4, -0.2) is 21.8 Å². The number of benzene rings is 2. The molecule has 0 saturated carbocycles. The Labute approximate surface area is 146 Å². The van der Waals surface area contributed by atoms with Gasteiger partial charge in [-0.05, 0) is 37.6 Å². The molecule has 3 nitrogen and oxygen atoms in total. The molecule has 0 fully saturated rings. The van der Waals surface area contributed by atoms with Crippen LogP contribution in [-0.2, 0) is 11.3 Å². The second-order valence-corrected chi connectivity index (χ2v) is 6.96. The molecule has 1 amide bonds. The normalized spacial score (nSPS) is 11.5. The molecule has 0 N–H and O–H groups in total. The van der Waals surface area contributed by atoms with Gasteiger partial charge in [0, 0.05) is 18.7 Å². The average molecular weight is 336 g/mol. The lowest BCUT2D eigenvalue weighted by Crippen LogP contribution is -2.35. The average Bonchev–Trinajstić information content (AvgIpc) is 3.01. The number of hydrogen-bond acceptors (Lipinski definition) is 3. The van der Waals surface area contributed by atoms with E-state index >= 15 is 0 Å². The van der Waals surface area contributed by atoms with Gasteiger partial charge in [-0.3, -0.25) is 4.79 Å². The summed E-state index contributed by atoms with van der Waals surface area (Å²) in [6.45, 7) is 4.68.